The van der Waals surface area contributed by atoms with Gasteiger partial charge in [0, 0.05) is 5.56 Å². The Morgan fingerprint density at radius 1 is 0.633 bits per heavy atom. The molecule has 0 aliphatic carbocycles. The fraction of sp³-hybridized carbons (Fsp3) is 0.500. The van der Waals surface area contributed by atoms with Gasteiger partial charge in [-0.3, -0.25) is 4.55 Å². The summed E-state index contributed by atoms with van der Waals surface area (Å²) in [7, 11) is -5.88. The summed E-state index contributed by atoms with van der Waals surface area (Å²) in [6.45, 7) is 0. The van der Waals surface area contributed by atoms with Crippen molar-refractivity contribution in [2.75, 3.05) is 0 Å². The van der Waals surface area contributed by atoms with Crippen LogP contribution < -0.4 is 0 Å². The standard InChI is InChI=1S/C12H5F13O3S.Na.H/c13-7(14,5-3-1-2-4-6(5)29(26,27)28)8(15,16)9(17,18)10(19,20)11(21,22)12(23,24)25;;/h1-4H,(H,26,27,28);;. The Kier molecular flexibility index (Phi) is 7.76. The van der Waals surface area contributed by atoms with Crippen molar-refractivity contribution in [3.8, 4) is 0 Å². The minimum atomic E-state index is -8.11. The van der Waals surface area contributed by atoms with Crippen LogP contribution in [0.1, 0.15) is 5.56 Å². The van der Waals surface area contributed by atoms with E-state index >= 15 is 0 Å². The SMILES string of the molecule is O=S(=O)(O)c1ccccc1C(F)(F)C(F)(F)C(F)(F)C(F)(F)C(F)(F)C(F)(F)F.[NaH]. The van der Waals surface area contributed by atoms with Gasteiger partial charge in [-0.15, -0.1) is 0 Å². The molecule has 170 valence electrons. The second kappa shape index (κ2) is 7.97. The van der Waals surface area contributed by atoms with Crippen LogP contribution in [0.25, 0.3) is 0 Å². The van der Waals surface area contributed by atoms with E-state index in [0.717, 1.165) is 0 Å². The number of alkyl halides is 13. The van der Waals surface area contributed by atoms with Crippen molar-refractivity contribution in [3.63, 3.8) is 0 Å². The van der Waals surface area contributed by atoms with Gasteiger partial charge in [0.05, 0.1) is 0 Å². The third-order valence-corrected chi connectivity index (χ3v) is 4.35. The molecule has 0 saturated carbocycles. The molecule has 30 heavy (non-hydrogen) atoms. The van der Waals surface area contributed by atoms with E-state index in [1.54, 1.807) is 0 Å². The van der Waals surface area contributed by atoms with Crippen LogP contribution in [-0.2, 0) is 16.0 Å². The summed E-state index contributed by atoms with van der Waals surface area (Å²) in [5.41, 5.74) is -2.77. The van der Waals surface area contributed by atoms with Gasteiger partial charge in [-0.05, 0) is 6.07 Å². The van der Waals surface area contributed by atoms with E-state index in [2.05, 4.69) is 0 Å². The molecule has 1 aromatic carbocycles. The molecular weight excluding hydrogens is 494 g/mol. The molecule has 0 aromatic heterocycles. The predicted molar refractivity (Wildman–Crippen MR) is 73.1 cm³/mol. The zero-order chi connectivity index (χ0) is 23.5. The van der Waals surface area contributed by atoms with Crippen LogP contribution in [0.5, 0.6) is 0 Å². The van der Waals surface area contributed by atoms with Crippen LogP contribution in [0.4, 0.5) is 57.1 Å². The van der Waals surface area contributed by atoms with Crippen LogP contribution in [0.3, 0.4) is 0 Å². The van der Waals surface area contributed by atoms with Gasteiger partial charge in [0.25, 0.3) is 10.1 Å². The average Bonchev–Trinajstić information content (AvgIpc) is 2.52. The summed E-state index contributed by atoms with van der Waals surface area (Å²) in [4.78, 5) is -2.22. The fourth-order valence-electron chi connectivity index (χ4n) is 1.89. The molecule has 0 aliphatic rings. The van der Waals surface area contributed by atoms with Crippen LogP contribution >= 0.6 is 0 Å². The van der Waals surface area contributed by atoms with E-state index in [9.17, 15) is 65.5 Å². The van der Waals surface area contributed by atoms with Gasteiger partial charge in [0.15, 0.2) is 0 Å². The zero-order valence-electron chi connectivity index (χ0n) is 12.9. The van der Waals surface area contributed by atoms with Crippen LogP contribution in [0.15, 0.2) is 29.2 Å². The Labute approximate surface area is 180 Å². The van der Waals surface area contributed by atoms with Gasteiger partial charge in [-0.2, -0.15) is 65.5 Å². The fourth-order valence-corrected chi connectivity index (χ4v) is 2.61. The first-order valence-corrected chi connectivity index (χ1v) is 7.94. The monoisotopic (exact) mass is 500 g/mol. The summed E-state index contributed by atoms with van der Waals surface area (Å²) in [5, 5.41) is 0. The van der Waals surface area contributed by atoms with Crippen molar-refractivity contribution in [1.29, 1.82) is 0 Å². The molecule has 0 atom stereocenters. The Morgan fingerprint density at radius 2 is 1.00 bits per heavy atom. The van der Waals surface area contributed by atoms with Crippen LogP contribution in [0.2, 0.25) is 0 Å². The Morgan fingerprint density at radius 3 is 1.37 bits per heavy atom. The molecular formula is C12H6F13NaO3S. The maximum absolute atomic E-state index is 14.0. The molecule has 0 aliphatic heterocycles. The van der Waals surface area contributed by atoms with Gasteiger partial charge in [-0.25, -0.2) is 0 Å². The molecule has 0 amide bonds. The first-order valence-electron chi connectivity index (χ1n) is 6.50. The third-order valence-electron chi connectivity index (χ3n) is 3.44. The Bertz CT molecular complexity index is 880. The molecule has 18 heteroatoms. The van der Waals surface area contributed by atoms with Gasteiger partial charge in [0.2, 0.25) is 0 Å². The number of rotatable bonds is 6. The molecule has 0 spiro atoms. The van der Waals surface area contributed by atoms with Crippen molar-refractivity contribution in [2.45, 2.75) is 40.7 Å². The van der Waals surface area contributed by atoms with Crippen molar-refractivity contribution in [1.82, 2.24) is 0 Å². The van der Waals surface area contributed by atoms with Crippen molar-refractivity contribution >= 4 is 39.7 Å². The topological polar surface area (TPSA) is 54.4 Å². The van der Waals surface area contributed by atoms with Gasteiger partial charge in [0.1, 0.15) is 4.90 Å². The number of halogens is 13. The van der Waals surface area contributed by atoms with Gasteiger partial charge >= 0.3 is 65.3 Å². The number of hydrogen-bond acceptors (Lipinski definition) is 2. The summed E-state index contributed by atoms with van der Waals surface area (Å²) in [5.74, 6) is -38.6. The second-order valence-corrected chi connectivity index (χ2v) is 6.73. The van der Waals surface area contributed by atoms with Gasteiger partial charge < -0.3 is 0 Å². The third kappa shape index (κ3) is 4.14. The first kappa shape index (κ1) is 29.2. The van der Waals surface area contributed by atoms with Crippen molar-refractivity contribution in [2.24, 2.45) is 0 Å². The zero-order valence-corrected chi connectivity index (χ0v) is 13.7. The normalized spacial score (nSPS) is 15.0. The molecule has 1 aromatic rings. The molecule has 0 bridgehead atoms. The van der Waals surface area contributed by atoms with E-state index in [4.69, 9.17) is 4.55 Å². The molecule has 0 saturated heterocycles. The van der Waals surface area contributed by atoms with Gasteiger partial charge in [-0.1, -0.05) is 18.2 Å². The average molecular weight is 500 g/mol. The van der Waals surface area contributed by atoms with Crippen molar-refractivity contribution in [3.05, 3.63) is 29.8 Å². The maximum atomic E-state index is 14.0. The molecule has 0 heterocycles. The number of benzene rings is 1. The molecule has 0 unspecified atom stereocenters. The second-order valence-electron chi connectivity index (χ2n) is 5.34. The molecule has 0 fully saturated rings. The van der Waals surface area contributed by atoms with E-state index in [1.165, 1.54) is 0 Å². The number of hydrogen-bond donors (Lipinski definition) is 1. The Balaban J connectivity index is 0.00000841. The quantitative estimate of drug-likeness (QED) is 0.356. The molecule has 1 N–H and O–H groups in total. The summed E-state index contributed by atoms with van der Waals surface area (Å²) < 4.78 is 200. The minimum absolute atomic E-state index is 0. The summed E-state index contributed by atoms with van der Waals surface area (Å²) in [6.07, 6.45) is -7.56. The summed E-state index contributed by atoms with van der Waals surface area (Å²) in [6, 6.07) is 0.294. The van der Waals surface area contributed by atoms with E-state index < -0.39 is 56.4 Å². The molecule has 0 radical (unpaired) electrons. The van der Waals surface area contributed by atoms with E-state index in [1.807, 2.05) is 0 Å². The summed E-state index contributed by atoms with van der Waals surface area (Å²) >= 11 is 0. The van der Waals surface area contributed by atoms with Crippen LogP contribution in [0, 0.1) is 0 Å². The predicted octanol–water partition coefficient (Wildman–Crippen LogP) is 4.48. The van der Waals surface area contributed by atoms with Crippen LogP contribution in [-0.4, -0.2) is 72.4 Å². The first-order chi connectivity index (χ1) is 12.5. The molecule has 1 rings (SSSR count). The molecule has 3 nitrogen and oxygen atoms in total. The van der Waals surface area contributed by atoms with Crippen molar-refractivity contribution < 1.29 is 70.0 Å². The van der Waals surface area contributed by atoms with E-state index in [-0.39, 0.29) is 47.8 Å². The van der Waals surface area contributed by atoms with E-state index in [0.29, 0.717) is 6.07 Å². The Hall–Kier alpha value is -0.780.